The molecule has 4 rings (SSSR count). The summed E-state index contributed by atoms with van der Waals surface area (Å²) in [6.45, 7) is 1.07. The van der Waals surface area contributed by atoms with Crippen LogP contribution in [0.5, 0.6) is 11.5 Å². The number of hydrazine groups is 1. The quantitative estimate of drug-likeness (QED) is 0.803. The molecule has 0 radical (unpaired) electrons. The number of anilines is 2. The van der Waals surface area contributed by atoms with Gasteiger partial charge in [-0.25, -0.2) is 5.01 Å². The van der Waals surface area contributed by atoms with Gasteiger partial charge >= 0.3 is 0 Å². The summed E-state index contributed by atoms with van der Waals surface area (Å²) in [5.74, 6) is 0.262. The van der Waals surface area contributed by atoms with Crippen molar-refractivity contribution in [2.24, 2.45) is 0 Å². The van der Waals surface area contributed by atoms with Gasteiger partial charge in [0.2, 0.25) is 11.8 Å². The molecule has 2 aromatic carbocycles. The number of nitrogens with zero attached hydrogens (tertiary/aromatic N) is 1. The molecule has 1 fully saturated rings. The second-order valence-electron chi connectivity index (χ2n) is 6.59. The number of ether oxygens (including phenoxy) is 2. The van der Waals surface area contributed by atoms with Crippen molar-refractivity contribution < 1.29 is 23.9 Å². The van der Waals surface area contributed by atoms with Crippen LogP contribution in [0.1, 0.15) is 29.6 Å². The van der Waals surface area contributed by atoms with Gasteiger partial charge in [0.25, 0.3) is 5.91 Å². The second kappa shape index (κ2) is 8.00. The number of nitrogens with one attached hydrogen (secondary N) is 2. The number of hydrogen-bond acceptors (Lipinski definition) is 5. The van der Waals surface area contributed by atoms with Crippen LogP contribution in [0.3, 0.4) is 0 Å². The lowest BCUT2D eigenvalue weighted by Gasteiger charge is -2.27. The monoisotopic (exact) mass is 415 g/mol. The predicted molar refractivity (Wildman–Crippen MR) is 106 cm³/mol. The molecule has 0 unspecified atom stereocenters. The maximum absolute atomic E-state index is 12.6. The lowest BCUT2D eigenvalue weighted by Crippen LogP contribution is -2.50. The molecule has 3 amide bonds. The summed E-state index contributed by atoms with van der Waals surface area (Å²) in [6, 6.07) is 9.57. The van der Waals surface area contributed by atoms with Gasteiger partial charge in [0, 0.05) is 37.0 Å². The summed E-state index contributed by atoms with van der Waals surface area (Å²) in [7, 11) is 0. The zero-order valence-corrected chi connectivity index (χ0v) is 16.1. The van der Waals surface area contributed by atoms with Crippen LogP contribution in [0.4, 0.5) is 11.4 Å². The van der Waals surface area contributed by atoms with E-state index in [1.165, 1.54) is 5.01 Å². The summed E-state index contributed by atoms with van der Waals surface area (Å²) in [5.41, 5.74) is 3.77. The van der Waals surface area contributed by atoms with Gasteiger partial charge in [0.1, 0.15) is 0 Å². The molecule has 150 valence electrons. The molecular weight excluding hydrogens is 398 g/mol. The van der Waals surface area contributed by atoms with E-state index >= 15 is 0 Å². The number of carbonyl (C=O) groups excluding carboxylic acids is 3. The molecule has 0 spiro atoms. The number of fused-ring (bicyclic) bond motifs is 1. The summed E-state index contributed by atoms with van der Waals surface area (Å²) >= 11 is 6.27. The largest absolute Gasteiger partial charge is 0.490 e. The predicted octanol–water partition coefficient (Wildman–Crippen LogP) is 2.91. The van der Waals surface area contributed by atoms with Crippen LogP contribution in [-0.4, -0.2) is 30.9 Å². The average Bonchev–Trinajstić information content (AvgIpc) is 2.95. The molecule has 0 aliphatic carbocycles. The smallest absolute Gasteiger partial charge is 0.255 e. The van der Waals surface area contributed by atoms with Crippen molar-refractivity contribution in [2.45, 2.75) is 19.3 Å². The maximum atomic E-state index is 12.6. The standard InChI is InChI=1S/C20H18ClN3O5/c21-14-10-16-17(29-9-1-8-28-16)11-15(14)22-20(27)12-2-4-13(5-3-12)24-19(26)7-6-18(25)23-24/h2-5,10-11H,1,6-9H2,(H,22,27)(H,23,25). The molecule has 0 bridgehead atoms. The van der Waals surface area contributed by atoms with E-state index in [1.807, 2.05) is 0 Å². The molecule has 0 atom stereocenters. The van der Waals surface area contributed by atoms with Crippen LogP contribution in [0.15, 0.2) is 36.4 Å². The van der Waals surface area contributed by atoms with Gasteiger partial charge in [-0.05, 0) is 24.3 Å². The third-order valence-electron chi connectivity index (χ3n) is 4.52. The molecule has 2 N–H and O–H groups in total. The Morgan fingerprint density at radius 3 is 2.45 bits per heavy atom. The molecule has 2 aliphatic rings. The van der Waals surface area contributed by atoms with Crippen molar-refractivity contribution in [3.05, 3.63) is 47.0 Å². The molecule has 2 heterocycles. The summed E-state index contributed by atoms with van der Waals surface area (Å²) in [4.78, 5) is 36.1. The molecule has 0 aromatic heterocycles. The first-order valence-corrected chi connectivity index (χ1v) is 9.52. The number of amides is 3. The van der Waals surface area contributed by atoms with Gasteiger partial charge < -0.3 is 14.8 Å². The van der Waals surface area contributed by atoms with Gasteiger partial charge in [-0.2, -0.15) is 0 Å². The first-order valence-electron chi connectivity index (χ1n) is 9.14. The van der Waals surface area contributed by atoms with Gasteiger partial charge in [0.15, 0.2) is 11.5 Å². The Bertz CT molecular complexity index is 977. The summed E-state index contributed by atoms with van der Waals surface area (Å²) < 4.78 is 11.2. The summed E-state index contributed by atoms with van der Waals surface area (Å²) in [6.07, 6.45) is 1.09. The molecule has 2 aromatic rings. The van der Waals surface area contributed by atoms with Crippen LogP contribution in [0.2, 0.25) is 5.02 Å². The van der Waals surface area contributed by atoms with E-state index < -0.39 is 0 Å². The highest BCUT2D eigenvalue weighted by molar-refractivity contribution is 6.34. The molecule has 0 saturated carbocycles. The fraction of sp³-hybridized carbons (Fsp3) is 0.250. The number of halogens is 1. The highest BCUT2D eigenvalue weighted by Crippen LogP contribution is 2.37. The fourth-order valence-electron chi connectivity index (χ4n) is 3.02. The van der Waals surface area contributed by atoms with Crippen molar-refractivity contribution in [3.63, 3.8) is 0 Å². The SMILES string of the molecule is O=C1CCC(=O)N(c2ccc(C(=O)Nc3cc4c(cc3Cl)OCCCO4)cc2)N1. The highest BCUT2D eigenvalue weighted by atomic mass is 35.5. The Labute approximate surface area is 171 Å². The van der Waals surface area contributed by atoms with E-state index in [0.29, 0.717) is 46.7 Å². The van der Waals surface area contributed by atoms with Crippen LogP contribution < -0.4 is 25.2 Å². The van der Waals surface area contributed by atoms with E-state index in [-0.39, 0.29) is 30.6 Å². The normalized spacial score (nSPS) is 16.1. The zero-order chi connectivity index (χ0) is 20.4. The van der Waals surface area contributed by atoms with Crippen LogP contribution >= 0.6 is 11.6 Å². The van der Waals surface area contributed by atoms with Crippen molar-refractivity contribution >= 4 is 40.7 Å². The van der Waals surface area contributed by atoms with Gasteiger partial charge in [-0.1, -0.05) is 11.6 Å². The Kier molecular flexibility index (Phi) is 5.26. The van der Waals surface area contributed by atoms with Crippen molar-refractivity contribution in [3.8, 4) is 11.5 Å². The molecular formula is C20H18ClN3O5. The Hall–Kier alpha value is -3.26. The minimum Gasteiger partial charge on any atom is -0.490 e. The highest BCUT2D eigenvalue weighted by Gasteiger charge is 2.24. The van der Waals surface area contributed by atoms with Crippen molar-refractivity contribution in [2.75, 3.05) is 23.5 Å². The lowest BCUT2D eigenvalue weighted by atomic mass is 10.1. The van der Waals surface area contributed by atoms with Gasteiger partial charge in [-0.3, -0.25) is 19.8 Å². The number of carbonyl (C=O) groups is 3. The third kappa shape index (κ3) is 4.12. The molecule has 9 heteroatoms. The van der Waals surface area contributed by atoms with E-state index in [4.69, 9.17) is 21.1 Å². The number of benzene rings is 2. The van der Waals surface area contributed by atoms with Gasteiger partial charge in [0.05, 0.1) is 29.6 Å². The lowest BCUT2D eigenvalue weighted by molar-refractivity contribution is -0.130. The zero-order valence-electron chi connectivity index (χ0n) is 15.4. The van der Waals surface area contributed by atoms with Crippen LogP contribution in [-0.2, 0) is 9.59 Å². The Balaban J connectivity index is 1.50. The van der Waals surface area contributed by atoms with E-state index in [2.05, 4.69) is 10.7 Å². The molecule has 1 saturated heterocycles. The van der Waals surface area contributed by atoms with E-state index in [0.717, 1.165) is 6.42 Å². The average molecular weight is 416 g/mol. The van der Waals surface area contributed by atoms with Crippen molar-refractivity contribution in [1.29, 1.82) is 0 Å². The van der Waals surface area contributed by atoms with Crippen LogP contribution in [0.25, 0.3) is 0 Å². The third-order valence-corrected chi connectivity index (χ3v) is 4.84. The van der Waals surface area contributed by atoms with E-state index in [9.17, 15) is 14.4 Å². The van der Waals surface area contributed by atoms with Crippen LogP contribution in [0, 0.1) is 0 Å². The minimum absolute atomic E-state index is 0.149. The van der Waals surface area contributed by atoms with Crippen molar-refractivity contribution in [1.82, 2.24) is 5.43 Å². The Morgan fingerprint density at radius 2 is 1.72 bits per heavy atom. The molecule has 2 aliphatic heterocycles. The minimum atomic E-state index is -0.373. The maximum Gasteiger partial charge on any atom is 0.255 e. The second-order valence-corrected chi connectivity index (χ2v) is 7.00. The number of rotatable bonds is 3. The first kappa shape index (κ1) is 19.1. The topological polar surface area (TPSA) is 97.0 Å². The van der Waals surface area contributed by atoms with Gasteiger partial charge in [-0.15, -0.1) is 0 Å². The molecule has 8 nitrogen and oxygen atoms in total. The summed E-state index contributed by atoms with van der Waals surface area (Å²) in [5, 5.41) is 4.28. The Morgan fingerprint density at radius 1 is 1.03 bits per heavy atom. The first-order chi connectivity index (χ1) is 14.0. The van der Waals surface area contributed by atoms with E-state index in [1.54, 1.807) is 36.4 Å². The number of hydrogen-bond donors (Lipinski definition) is 2. The molecule has 29 heavy (non-hydrogen) atoms. The fourth-order valence-corrected chi connectivity index (χ4v) is 3.22.